The molecule has 0 amide bonds. The van der Waals surface area contributed by atoms with Crippen LogP contribution in [0.2, 0.25) is 0 Å². The maximum Gasteiger partial charge on any atom is 0.149 e. The molecule has 15 heavy (non-hydrogen) atoms. The summed E-state index contributed by atoms with van der Waals surface area (Å²) in [7, 11) is 5.52. The van der Waals surface area contributed by atoms with Crippen molar-refractivity contribution in [2.75, 3.05) is 26.1 Å². The molecule has 3 heteroatoms. The molecule has 0 heterocycles. The van der Waals surface area contributed by atoms with E-state index in [1.165, 1.54) is 6.08 Å². The summed E-state index contributed by atoms with van der Waals surface area (Å²) in [6.07, 6.45) is 3.94. The van der Waals surface area contributed by atoms with E-state index >= 15 is 0 Å². The number of methoxy groups -OCH3 is 1. The van der Waals surface area contributed by atoms with Crippen LogP contribution < -0.4 is 9.64 Å². The Bertz CT molecular complexity index is 370. The topological polar surface area (TPSA) is 29.5 Å². The zero-order chi connectivity index (χ0) is 11.3. The summed E-state index contributed by atoms with van der Waals surface area (Å²) in [5, 5.41) is 0. The highest BCUT2D eigenvalue weighted by atomic mass is 16.5. The molecule has 0 spiro atoms. The lowest BCUT2D eigenvalue weighted by Gasteiger charge is -2.17. The van der Waals surface area contributed by atoms with Crippen LogP contribution >= 0.6 is 0 Å². The fraction of sp³-hybridized carbons (Fsp3) is 0.250. The summed E-state index contributed by atoms with van der Waals surface area (Å²) in [6, 6.07) is 5.81. The molecule has 3 nitrogen and oxygen atoms in total. The van der Waals surface area contributed by atoms with Crippen molar-refractivity contribution in [2.45, 2.75) is 0 Å². The Balaban J connectivity index is 3.21. The maximum atomic E-state index is 10.3. The Labute approximate surface area is 90.0 Å². The number of anilines is 1. The molecule has 0 atom stereocenters. The molecule has 0 saturated carbocycles. The minimum atomic E-state index is 0.752. The molecule has 0 aliphatic heterocycles. The Kier molecular flexibility index (Phi) is 3.92. The lowest BCUT2D eigenvalue weighted by Crippen LogP contribution is -2.10. The van der Waals surface area contributed by atoms with Gasteiger partial charge in [-0.15, -0.1) is 0 Å². The Morgan fingerprint density at radius 3 is 2.60 bits per heavy atom. The van der Waals surface area contributed by atoms with Gasteiger partial charge >= 0.3 is 0 Å². The van der Waals surface area contributed by atoms with Crippen molar-refractivity contribution in [3.8, 4) is 5.75 Å². The third-order valence-corrected chi connectivity index (χ3v) is 2.06. The third kappa shape index (κ3) is 2.59. The van der Waals surface area contributed by atoms with E-state index in [0.29, 0.717) is 0 Å². The average molecular weight is 205 g/mol. The molecule has 0 aliphatic carbocycles. The molecule has 0 aromatic heterocycles. The van der Waals surface area contributed by atoms with Crippen LogP contribution in [0.1, 0.15) is 5.56 Å². The van der Waals surface area contributed by atoms with Gasteiger partial charge in [0.25, 0.3) is 0 Å². The van der Waals surface area contributed by atoms with Gasteiger partial charge in [0.1, 0.15) is 12.0 Å². The highest BCUT2D eigenvalue weighted by molar-refractivity contribution is 5.78. The minimum absolute atomic E-state index is 0.752. The summed E-state index contributed by atoms with van der Waals surface area (Å²) in [5.41, 5.74) is 1.89. The van der Waals surface area contributed by atoms with E-state index in [4.69, 9.17) is 4.74 Å². The van der Waals surface area contributed by atoms with Gasteiger partial charge in [-0.3, -0.25) is 4.79 Å². The van der Waals surface area contributed by atoms with Crippen molar-refractivity contribution in [3.63, 3.8) is 0 Å². The van der Waals surface area contributed by atoms with Crippen molar-refractivity contribution < 1.29 is 9.53 Å². The highest BCUT2D eigenvalue weighted by Gasteiger charge is 2.07. The van der Waals surface area contributed by atoms with Gasteiger partial charge in [0, 0.05) is 19.7 Å². The van der Waals surface area contributed by atoms with Gasteiger partial charge in [0.15, 0.2) is 0 Å². The second-order valence-corrected chi connectivity index (χ2v) is 3.29. The van der Waals surface area contributed by atoms with E-state index in [1.54, 1.807) is 13.2 Å². The SMILES string of the molecule is COc1c(C=CC=O)cccc1N(C)C. The largest absolute Gasteiger partial charge is 0.494 e. The van der Waals surface area contributed by atoms with Crippen LogP contribution in [0.5, 0.6) is 5.75 Å². The van der Waals surface area contributed by atoms with Gasteiger partial charge in [-0.25, -0.2) is 0 Å². The fourth-order valence-corrected chi connectivity index (χ4v) is 1.39. The molecular weight excluding hydrogens is 190 g/mol. The number of ether oxygens (including phenoxy) is 1. The van der Waals surface area contributed by atoms with Crippen LogP contribution in [0.15, 0.2) is 24.3 Å². The summed E-state index contributed by atoms with van der Waals surface area (Å²) in [5.74, 6) is 0.778. The molecule has 0 N–H and O–H groups in total. The van der Waals surface area contributed by atoms with E-state index in [9.17, 15) is 4.79 Å². The molecule has 0 radical (unpaired) electrons. The van der Waals surface area contributed by atoms with Gasteiger partial charge < -0.3 is 9.64 Å². The molecule has 1 rings (SSSR count). The van der Waals surface area contributed by atoms with E-state index in [0.717, 1.165) is 23.3 Å². The summed E-state index contributed by atoms with van der Waals surface area (Å²) < 4.78 is 5.33. The second kappa shape index (κ2) is 5.20. The van der Waals surface area contributed by atoms with Crippen molar-refractivity contribution in [3.05, 3.63) is 29.8 Å². The number of rotatable bonds is 4. The number of hydrogen-bond acceptors (Lipinski definition) is 3. The van der Waals surface area contributed by atoms with E-state index < -0.39 is 0 Å². The van der Waals surface area contributed by atoms with E-state index in [1.807, 2.05) is 37.2 Å². The molecule has 0 bridgehead atoms. The van der Waals surface area contributed by atoms with Crippen LogP contribution in [-0.4, -0.2) is 27.5 Å². The van der Waals surface area contributed by atoms with Gasteiger partial charge in [-0.2, -0.15) is 0 Å². The van der Waals surface area contributed by atoms with Gasteiger partial charge in [0.05, 0.1) is 12.8 Å². The second-order valence-electron chi connectivity index (χ2n) is 3.29. The number of allylic oxidation sites excluding steroid dienone is 1. The number of aldehydes is 1. The molecule has 80 valence electrons. The number of carbonyl (C=O) groups excluding carboxylic acids is 1. The Hall–Kier alpha value is -1.77. The first-order valence-electron chi connectivity index (χ1n) is 4.67. The van der Waals surface area contributed by atoms with Gasteiger partial charge in [0.2, 0.25) is 0 Å². The van der Waals surface area contributed by atoms with Crippen LogP contribution in [0.25, 0.3) is 6.08 Å². The number of benzene rings is 1. The van der Waals surface area contributed by atoms with Crippen molar-refractivity contribution in [1.82, 2.24) is 0 Å². The molecule has 0 unspecified atom stereocenters. The zero-order valence-electron chi connectivity index (χ0n) is 9.23. The van der Waals surface area contributed by atoms with E-state index in [2.05, 4.69) is 0 Å². The monoisotopic (exact) mass is 205 g/mol. The Morgan fingerprint density at radius 1 is 1.33 bits per heavy atom. The van der Waals surface area contributed by atoms with Crippen LogP contribution in [0.4, 0.5) is 5.69 Å². The summed E-state index contributed by atoms with van der Waals surface area (Å²) in [4.78, 5) is 12.2. The highest BCUT2D eigenvalue weighted by Crippen LogP contribution is 2.31. The first-order valence-corrected chi connectivity index (χ1v) is 4.67. The lowest BCUT2D eigenvalue weighted by molar-refractivity contribution is -0.104. The van der Waals surface area contributed by atoms with Crippen molar-refractivity contribution in [1.29, 1.82) is 0 Å². The lowest BCUT2D eigenvalue weighted by atomic mass is 10.1. The van der Waals surface area contributed by atoms with Crippen LogP contribution in [0.3, 0.4) is 0 Å². The smallest absolute Gasteiger partial charge is 0.149 e. The van der Waals surface area contributed by atoms with Gasteiger partial charge in [-0.05, 0) is 18.2 Å². The molecule has 0 aliphatic rings. The number of hydrogen-bond donors (Lipinski definition) is 0. The summed E-state index contributed by atoms with van der Waals surface area (Å²) >= 11 is 0. The summed E-state index contributed by atoms with van der Waals surface area (Å²) in [6.45, 7) is 0. The normalized spacial score (nSPS) is 10.3. The standard InChI is InChI=1S/C12H15NO2/c1-13(2)11-8-4-6-10(7-5-9-14)12(11)15-3/h4-9H,1-3H3. The molecule has 0 saturated heterocycles. The van der Waals surface area contributed by atoms with Crippen LogP contribution in [-0.2, 0) is 4.79 Å². The predicted molar refractivity (Wildman–Crippen MR) is 62.4 cm³/mol. The van der Waals surface area contributed by atoms with Crippen molar-refractivity contribution in [2.24, 2.45) is 0 Å². The van der Waals surface area contributed by atoms with E-state index in [-0.39, 0.29) is 0 Å². The number of nitrogens with zero attached hydrogens (tertiary/aromatic N) is 1. The maximum absolute atomic E-state index is 10.3. The fourth-order valence-electron chi connectivity index (χ4n) is 1.39. The Morgan fingerprint density at radius 2 is 2.07 bits per heavy atom. The first-order chi connectivity index (χ1) is 7.20. The molecule has 1 aromatic carbocycles. The number of para-hydroxylation sites is 1. The van der Waals surface area contributed by atoms with Crippen molar-refractivity contribution >= 4 is 18.0 Å². The third-order valence-electron chi connectivity index (χ3n) is 2.06. The van der Waals surface area contributed by atoms with Crippen LogP contribution in [0, 0.1) is 0 Å². The quantitative estimate of drug-likeness (QED) is 0.556. The predicted octanol–water partition coefficient (Wildman–Crippen LogP) is 1.97. The average Bonchev–Trinajstić information content (AvgIpc) is 2.25. The molecule has 1 aromatic rings. The van der Waals surface area contributed by atoms with Gasteiger partial charge in [-0.1, -0.05) is 12.1 Å². The minimum Gasteiger partial charge on any atom is -0.494 e. The molecule has 0 fully saturated rings. The zero-order valence-corrected chi connectivity index (χ0v) is 9.23. The molecular formula is C12H15NO2. The first kappa shape index (κ1) is 11.3. The number of carbonyl (C=O) groups is 1.